The summed E-state index contributed by atoms with van der Waals surface area (Å²) in [5, 5.41) is 16.0. The van der Waals surface area contributed by atoms with E-state index >= 15 is 0 Å². The van der Waals surface area contributed by atoms with Crippen LogP contribution in [0.15, 0.2) is 54.3 Å². The number of nitro groups is 1. The number of thiophene rings is 1. The second-order valence-electron chi connectivity index (χ2n) is 8.87. The lowest BCUT2D eigenvalue weighted by Gasteiger charge is -2.26. The van der Waals surface area contributed by atoms with E-state index in [0.717, 1.165) is 35.6 Å². The number of non-ortho nitro benzene ring substituents is 1. The van der Waals surface area contributed by atoms with E-state index in [1.807, 2.05) is 17.7 Å². The summed E-state index contributed by atoms with van der Waals surface area (Å²) in [5.41, 5.74) is 7.68. The summed E-state index contributed by atoms with van der Waals surface area (Å²) in [6, 6.07) is 10.3. The van der Waals surface area contributed by atoms with Crippen LogP contribution < -0.4 is 11.1 Å². The highest BCUT2D eigenvalue weighted by Crippen LogP contribution is 2.17. The number of nitrogens with zero attached hydrogens (tertiary/aromatic N) is 4. The van der Waals surface area contributed by atoms with Crippen LogP contribution in [0, 0.1) is 16.0 Å². The Bertz CT molecular complexity index is 1150. The fourth-order valence-corrected chi connectivity index (χ4v) is 4.82. The fraction of sp³-hybridized carbons (Fsp3) is 0.400. The highest BCUT2D eigenvalue weighted by Gasteiger charge is 2.20. The van der Waals surface area contributed by atoms with Gasteiger partial charge in [0.1, 0.15) is 0 Å². The molecule has 9 nitrogen and oxygen atoms in total. The maximum atomic E-state index is 12.8. The lowest BCUT2D eigenvalue weighted by atomic mass is 9.96. The van der Waals surface area contributed by atoms with Gasteiger partial charge in [0.15, 0.2) is 0 Å². The summed E-state index contributed by atoms with van der Waals surface area (Å²) >= 11 is 7.33. The number of rotatable bonds is 13. The van der Waals surface area contributed by atoms with Gasteiger partial charge in [-0.1, -0.05) is 37.3 Å². The van der Waals surface area contributed by atoms with Crippen molar-refractivity contribution in [2.75, 3.05) is 13.6 Å². The van der Waals surface area contributed by atoms with Gasteiger partial charge in [-0.2, -0.15) is 0 Å². The number of carbonyl (C=O) groups is 1. The molecule has 0 saturated heterocycles. The molecule has 0 aliphatic carbocycles. The van der Waals surface area contributed by atoms with Gasteiger partial charge in [-0.15, -0.1) is 11.3 Å². The number of aromatic nitrogens is 2. The third kappa shape index (κ3) is 7.94. The first-order valence-corrected chi connectivity index (χ1v) is 13.0. The topological polar surface area (TPSA) is 119 Å². The Labute approximate surface area is 220 Å². The third-order valence-electron chi connectivity index (χ3n) is 6.14. The van der Waals surface area contributed by atoms with Gasteiger partial charge in [0.2, 0.25) is 5.91 Å². The van der Waals surface area contributed by atoms with E-state index in [-0.39, 0.29) is 30.0 Å². The lowest BCUT2D eigenvalue weighted by molar-refractivity contribution is -0.384. The Kier molecular flexibility index (Phi) is 10.1. The van der Waals surface area contributed by atoms with E-state index in [2.05, 4.69) is 33.6 Å². The van der Waals surface area contributed by atoms with E-state index in [1.54, 1.807) is 36.0 Å². The number of nitrogens with one attached hydrogen (secondary N) is 1. The maximum absolute atomic E-state index is 12.8. The number of nitro benzene ring substituents is 1. The largest absolute Gasteiger partial charge is 0.364 e. The average molecular weight is 529 g/mol. The number of amides is 1. The smallest absolute Gasteiger partial charge is 0.269 e. The standard InChI is InChI=1S/C25H32N6O3S2/c1-18(5-10-25(35)29(2)16-22-4-3-11-36-22)23(13-26)28-24(32)12-21-14-27-17-30(21)15-19-6-8-20(9-7-19)31(33)34/h3-4,6-9,11,14,17-18,23H,5,10,12-13,15-16,26H2,1-2H3,(H,28,32). The number of hydrogen-bond donors (Lipinski definition) is 2. The number of benzene rings is 1. The number of imidazole rings is 1. The fourth-order valence-electron chi connectivity index (χ4n) is 3.88. The number of thiocarbonyl (C=S) groups is 1. The second-order valence-corrected chi connectivity index (χ2v) is 10.4. The van der Waals surface area contributed by atoms with E-state index in [4.69, 9.17) is 18.0 Å². The molecule has 3 aromatic rings. The quantitative estimate of drug-likeness (QED) is 0.197. The molecule has 0 fully saturated rings. The van der Waals surface area contributed by atoms with Crippen LogP contribution >= 0.6 is 23.6 Å². The van der Waals surface area contributed by atoms with E-state index in [1.165, 1.54) is 17.0 Å². The SMILES string of the molecule is CC(CCC(=S)N(C)Cc1cccs1)C(CN)NC(=O)Cc1cncn1Cc1ccc([N+](=O)[O-])cc1. The monoisotopic (exact) mass is 528 g/mol. The van der Waals surface area contributed by atoms with Crippen molar-refractivity contribution in [1.29, 1.82) is 0 Å². The third-order valence-corrected chi connectivity index (χ3v) is 7.52. The van der Waals surface area contributed by atoms with E-state index in [0.29, 0.717) is 13.1 Å². The molecule has 192 valence electrons. The molecule has 1 aromatic carbocycles. The van der Waals surface area contributed by atoms with Gasteiger partial charge in [-0.3, -0.25) is 14.9 Å². The molecule has 2 aromatic heterocycles. The second kappa shape index (κ2) is 13.2. The minimum Gasteiger partial charge on any atom is -0.364 e. The van der Waals surface area contributed by atoms with E-state index in [9.17, 15) is 14.9 Å². The Morgan fingerprint density at radius 3 is 2.72 bits per heavy atom. The Morgan fingerprint density at radius 2 is 2.08 bits per heavy atom. The lowest BCUT2D eigenvalue weighted by Crippen LogP contribution is -2.45. The van der Waals surface area contributed by atoms with Crippen LogP contribution in [0.2, 0.25) is 0 Å². The minimum absolute atomic E-state index is 0.0424. The summed E-state index contributed by atoms with van der Waals surface area (Å²) < 4.78 is 1.86. The molecule has 1 amide bonds. The van der Waals surface area contributed by atoms with Crippen molar-refractivity contribution in [3.8, 4) is 0 Å². The molecule has 0 radical (unpaired) electrons. The Morgan fingerprint density at radius 1 is 1.33 bits per heavy atom. The molecule has 11 heteroatoms. The van der Waals surface area contributed by atoms with Gasteiger partial charge >= 0.3 is 0 Å². The van der Waals surface area contributed by atoms with Gasteiger partial charge < -0.3 is 20.5 Å². The molecule has 0 aliphatic heterocycles. The van der Waals surface area contributed by atoms with Crippen LogP contribution in [0.4, 0.5) is 5.69 Å². The first kappa shape index (κ1) is 27.4. The Balaban J connectivity index is 1.49. The molecule has 2 atom stereocenters. The molecule has 2 heterocycles. The highest BCUT2D eigenvalue weighted by atomic mass is 32.1. The number of nitrogens with two attached hydrogens (primary N) is 1. The number of hydrogen-bond acceptors (Lipinski definition) is 7. The maximum Gasteiger partial charge on any atom is 0.269 e. The van der Waals surface area contributed by atoms with Gasteiger partial charge in [0, 0.05) is 55.1 Å². The van der Waals surface area contributed by atoms with Crippen LogP contribution in [-0.4, -0.2) is 49.9 Å². The van der Waals surface area contributed by atoms with Crippen LogP contribution in [0.1, 0.15) is 35.9 Å². The predicted molar refractivity (Wildman–Crippen MR) is 146 cm³/mol. The minimum atomic E-state index is -0.428. The first-order valence-electron chi connectivity index (χ1n) is 11.7. The molecular formula is C25H32N6O3S2. The molecule has 0 saturated carbocycles. The van der Waals surface area contributed by atoms with Crippen molar-refractivity contribution < 1.29 is 9.72 Å². The van der Waals surface area contributed by atoms with Crippen LogP contribution in [-0.2, 0) is 24.3 Å². The zero-order valence-electron chi connectivity index (χ0n) is 20.5. The Hall–Kier alpha value is -3.15. The normalized spacial score (nSPS) is 12.6. The molecular weight excluding hydrogens is 496 g/mol. The summed E-state index contributed by atoms with van der Waals surface area (Å²) in [6.07, 6.45) is 5.06. The first-order chi connectivity index (χ1) is 17.3. The van der Waals surface area contributed by atoms with Crippen molar-refractivity contribution in [2.24, 2.45) is 11.7 Å². The van der Waals surface area contributed by atoms with Gasteiger partial charge in [0.05, 0.1) is 29.2 Å². The van der Waals surface area contributed by atoms with Crippen molar-refractivity contribution in [3.63, 3.8) is 0 Å². The molecule has 2 unspecified atom stereocenters. The van der Waals surface area contributed by atoms with Crippen LogP contribution in [0.3, 0.4) is 0 Å². The molecule has 0 aliphatic rings. The van der Waals surface area contributed by atoms with Gasteiger partial charge in [-0.25, -0.2) is 4.98 Å². The molecule has 0 spiro atoms. The highest BCUT2D eigenvalue weighted by molar-refractivity contribution is 7.80. The van der Waals surface area contributed by atoms with E-state index < -0.39 is 4.92 Å². The molecule has 36 heavy (non-hydrogen) atoms. The summed E-state index contributed by atoms with van der Waals surface area (Å²) in [5.74, 6) is 0.0391. The zero-order valence-corrected chi connectivity index (χ0v) is 22.1. The van der Waals surface area contributed by atoms with Crippen LogP contribution in [0.25, 0.3) is 0 Å². The summed E-state index contributed by atoms with van der Waals surface area (Å²) in [6.45, 7) is 3.69. The van der Waals surface area contributed by atoms with Gasteiger partial charge in [0.25, 0.3) is 5.69 Å². The van der Waals surface area contributed by atoms with Crippen molar-refractivity contribution in [3.05, 3.63) is 80.6 Å². The van der Waals surface area contributed by atoms with Crippen molar-refractivity contribution >= 4 is 40.1 Å². The number of carbonyl (C=O) groups excluding carboxylic acids is 1. The molecule has 0 bridgehead atoms. The van der Waals surface area contributed by atoms with Gasteiger partial charge in [-0.05, 0) is 35.8 Å². The average Bonchev–Trinajstić information content (AvgIpc) is 3.53. The van der Waals surface area contributed by atoms with Crippen molar-refractivity contribution in [2.45, 2.75) is 45.3 Å². The predicted octanol–water partition coefficient (Wildman–Crippen LogP) is 3.76. The zero-order chi connectivity index (χ0) is 26.1. The van der Waals surface area contributed by atoms with Crippen LogP contribution in [0.5, 0.6) is 0 Å². The summed E-state index contributed by atoms with van der Waals surface area (Å²) in [7, 11) is 2.01. The molecule has 3 N–H and O–H groups in total. The van der Waals surface area contributed by atoms with Crippen molar-refractivity contribution in [1.82, 2.24) is 19.8 Å². The summed E-state index contributed by atoms with van der Waals surface area (Å²) in [4.78, 5) is 31.7. The molecule has 3 rings (SSSR count).